The number of ether oxygens (including phenoxy) is 1. The molecule has 10 heteroatoms. The van der Waals surface area contributed by atoms with Crippen LogP contribution in [0.4, 0.5) is 11.4 Å². The van der Waals surface area contributed by atoms with Crippen LogP contribution in [0.5, 0.6) is 0 Å². The van der Waals surface area contributed by atoms with Gasteiger partial charge in [-0.25, -0.2) is 4.98 Å². The lowest BCUT2D eigenvalue weighted by Crippen LogP contribution is -2.18. The second-order valence-corrected chi connectivity index (χ2v) is 9.40. The maximum Gasteiger partial charge on any atom is 0.234 e. The van der Waals surface area contributed by atoms with Gasteiger partial charge in [-0.05, 0) is 37.1 Å². The number of pyridine rings is 1. The molecule has 1 aromatic carbocycles. The maximum atomic E-state index is 12.4. The Balaban J connectivity index is 1.41. The molecule has 1 saturated heterocycles. The van der Waals surface area contributed by atoms with Crippen LogP contribution in [0.3, 0.4) is 0 Å². The van der Waals surface area contributed by atoms with Crippen LogP contribution in [0.25, 0.3) is 20.9 Å². The van der Waals surface area contributed by atoms with Crippen LogP contribution in [0.15, 0.2) is 53.8 Å². The molecule has 0 saturated carbocycles. The fraction of sp³-hybridized carbons (Fsp3) is 0.273. The largest absolute Gasteiger partial charge is 0.397 e. The van der Waals surface area contributed by atoms with Gasteiger partial charge >= 0.3 is 0 Å². The summed E-state index contributed by atoms with van der Waals surface area (Å²) in [6, 6.07) is 13.2. The predicted molar refractivity (Wildman–Crippen MR) is 128 cm³/mol. The van der Waals surface area contributed by atoms with E-state index in [-0.39, 0.29) is 17.8 Å². The van der Waals surface area contributed by atoms with E-state index in [1.807, 2.05) is 47.0 Å². The normalized spacial score (nSPS) is 15.9. The molecule has 4 aromatic rings. The number of nitrogen functional groups attached to an aromatic ring is 1. The van der Waals surface area contributed by atoms with Gasteiger partial charge in [0, 0.05) is 23.9 Å². The number of hydrogen-bond donors (Lipinski definition) is 2. The molecule has 164 valence electrons. The minimum absolute atomic E-state index is 0.0935. The number of para-hydroxylation sites is 1. The Hall–Kier alpha value is -2.95. The third-order valence-electron chi connectivity index (χ3n) is 5.22. The number of thioether (sulfide) groups is 1. The van der Waals surface area contributed by atoms with E-state index >= 15 is 0 Å². The van der Waals surface area contributed by atoms with Crippen LogP contribution >= 0.6 is 23.1 Å². The highest BCUT2D eigenvalue weighted by atomic mass is 32.2. The third-order valence-corrected chi connectivity index (χ3v) is 7.32. The molecule has 3 aromatic heterocycles. The number of carbonyl (C=O) groups is 1. The molecule has 1 fully saturated rings. The van der Waals surface area contributed by atoms with Gasteiger partial charge in [-0.2, -0.15) is 0 Å². The Labute approximate surface area is 193 Å². The van der Waals surface area contributed by atoms with Gasteiger partial charge in [-0.3, -0.25) is 9.36 Å². The van der Waals surface area contributed by atoms with Crippen molar-refractivity contribution >= 4 is 50.6 Å². The molecule has 0 radical (unpaired) electrons. The first-order valence-electron chi connectivity index (χ1n) is 10.3. The Bertz CT molecular complexity index is 1230. The molecule has 5 rings (SSSR count). The Morgan fingerprint density at radius 1 is 1.25 bits per heavy atom. The molecule has 3 N–H and O–H groups in total. The van der Waals surface area contributed by atoms with Crippen LogP contribution in [0.2, 0.25) is 0 Å². The molecule has 0 spiro atoms. The second-order valence-electron chi connectivity index (χ2n) is 7.46. The summed E-state index contributed by atoms with van der Waals surface area (Å²) in [4.78, 5) is 18.6. The third kappa shape index (κ3) is 4.34. The van der Waals surface area contributed by atoms with Crippen LogP contribution in [-0.4, -0.2) is 44.1 Å². The first-order valence-corrected chi connectivity index (χ1v) is 12.1. The first kappa shape index (κ1) is 20.9. The fourth-order valence-electron chi connectivity index (χ4n) is 3.69. The van der Waals surface area contributed by atoms with E-state index in [0.717, 1.165) is 40.2 Å². The van der Waals surface area contributed by atoms with Crippen LogP contribution in [0.1, 0.15) is 12.8 Å². The van der Waals surface area contributed by atoms with E-state index in [1.54, 1.807) is 6.20 Å². The molecular weight excluding hydrogens is 444 g/mol. The molecule has 0 bridgehead atoms. The number of nitrogens with zero attached hydrogens (tertiary/aromatic N) is 4. The van der Waals surface area contributed by atoms with Crippen molar-refractivity contribution in [2.45, 2.75) is 30.6 Å². The summed E-state index contributed by atoms with van der Waals surface area (Å²) in [6.07, 6.45) is 3.88. The average Bonchev–Trinajstić information content (AvgIpc) is 3.54. The van der Waals surface area contributed by atoms with Crippen LogP contribution in [0, 0.1) is 0 Å². The topological polar surface area (TPSA) is 108 Å². The number of hydrogen-bond acceptors (Lipinski definition) is 8. The molecule has 1 aliphatic heterocycles. The number of nitrogens with two attached hydrogens (primary N) is 1. The monoisotopic (exact) mass is 466 g/mol. The van der Waals surface area contributed by atoms with Crippen molar-refractivity contribution in [1.82, 2.24) is 19.7 Å². The summed E-state index contributed by atoms with van der Waals surface area (Å²) >= 11 is 2.86. The summed E-state index contributed by atoms with van der Waals surface area (Å²) in [7, 11) is 0. The standard InChI is InChI=1S/C22H22N6O2S2/c23-18-16-9-4-10-24-21(16)32-19(18)20-26-27-22(28(20)12-15-8-5-11-30-15)31-13-17(29)25-14-6-2-1-3-7-14/h1-4,6-7,9-10,15H,5,8,11-13,23H2,(H,25,29)/t15-/m0/s1. The van der Waals surface area contributed by atoms with Gasteiger partial charge in [-0.15, -0.1) is 21.5 Å². The van der Waals surface area contributed by atoms with Crippen molar-refractivity contribution in [3.05, 3.63) is 48.7 Å². The first-order chi connectivity index (χ1) is 15.7. The maximum absolute atomic E-state index is 12.4. The number of anilines is 2. The average molecular weight is 467 g/mol. The summed E-state index contributed by atoms with van der Waals surface area (Å²) in [5.41, 5.74) is 7.87. The van der Waals surface area contributed by atoms with E-state index in [1.165, 1.54) is 23.1 Å². The molecule has 4 heterocycles. The van der Waals surface area contributed by atoms with Gasteiger partial charge in [0.15, 0.2) is 11.0 Å². The van der Waals surface area contributed by atoms with Gasteiger partial charge in [0.05, 0.1) is 29.0 Å². The molecular formula is C22H22N6O2S2. The number of benzene rings is 1. The van der Waals surface area contributed by atoms with Crippen molar-refractivity contribution in [3.8, 4) is 10.7 Å². The zero-order valence-electron chi connectivity index (χ0n) is 17.2. The molecule has 32 heavy (non-hydrogen) atoms. The van der Waals surface area contributed by atoms with Crippen molar-refractivity contribution in [1.29, 1.82) is 0 Å². The number of rotatable bonds is 7. The minimum atomic E-state index is -0.0972. The molecule has 0 aliphatic carbocycles. The number of aromatic nitrogens is 4. The second kappa shape index (κ2) is 9.27. The SMILES string of the molecule is Nc1c(-c2nnc(SCC(=O)Nc3ccccc3)n2C[C@@H]2CCCO2)sc2ncccc12. The van der Waals surface area contributed by atoms with Gasteiger partial charge in [0.2, 0.25) is 5.91 Å². The van der Waals surface area contributed by atoms with Gasteiger partial charge in [-0.1, -0.05) is 30.0 Å². The predicted octanol–water partition coefficient (Wildman–Crippen LogP) is 4.05. The highest BCUT2D eigenvalue weighted by molar-refractivity contribution is 7.99. The number of amides is 1. The molecule has 0 unspecified atom stereocenters. The summed E-state index contributed by atoms with van der Waals surface area (Å²) in [6.45, 7) is 1.38. The Morgan fingerprint density at radius 2 is 2.12 bits per heavy atom. The van der Waals surface area contributed by atoms with E-state index < -0.39 is 0 Å². The van der Waals surface area contributed by atoms with E-state index in [4.69, 9.17) is 10.5 Å². The zero-order chi connectivity index (χ0) is 21.9. The lowest BCUT2D eigenvalue weighted by atomic mass is 10.2. The zero-order valence-corrected chi connectivity index (χ0v) is 18.9. The lowest BCUT2D eigenvalue weighted by Gasteiger charge is -2.14. The van der Waals surface area contributed by atoms with E-state index in [0.29, 0.717) is 23.2 Å². The minimum Gasteiger partial charge on any atom is -0.397 e. The highest BCUT2D eigenvalue weighted by Gasteiger charge is 2.25. The summed E-state index contributed by atoms with van der Waals surface area (Å²) in [5, 5.41) is 13.3. The van der Waals surface area contributed by atoms with Gasteiger partial charge in [0.25, 0.3) is 0 Å². The Morgan fingerprint density at radius 3 is 2.91 bits per heavy atom. The van der Waals surface area contributed by atoms with Crippen molar-refractivity contribution in [3.63, 3.8) is 0 Å². The van der Waals surface area contributed by atoms with Gasteiger partial charge in [0.1, 0.15) is 4.83 Å². The van der Waals surface area contributed by atoms with E-state index in [9.17, 15) is 4.79 Å². The fourth-order valence-corrected chi connectivity index (χ4v) is 5.49. The molecule has 1 amide bonds. The number of nitrogens with one attached hydrogen (secondary N) is 1. The van der Waals surface area contributed by atoms with E-state index in [2.05, 4.69) is 20.5 Å². The van der Waals surface area contributed by atoms with Crippen molar-refractivity contribution in [2.75, 3.05) is 23.4 Å². The quantitative estimate of drug-likeness (QED) is 0.396. The van der Waals surface area contributed by atoms with Gasteiger partial charge < -0.3 is 15.8 Å². The number of fused-ring (bicyclic) bond motifs is 1. The van der Waals surface area contributed by atoms with Crippen LogP contribution < -0.4 is 11.1 Å². The molecule has 1 atom stereocenters. The number of carbonyl (C=O) groups excluding carboxylic acids is 1. The Kier molecular flexibility index (Phi) is 6.06. The molecule has 1 aliphatic rings. The van der Waals surface area contributed by atoms with Crippen molar-refractivity contribution < 1.29 is 9.53 Å². The number of thiophene rings is 1. The smallest absolute Gasteiger partial charge is 0.234 e. The summed E-state index contributed by atoms with van der Waals surface area (Å²) in [5.74, 6) is 0.814. The highest BCUT2D eigenvalue weighted by Crippen LogP contribution is 2.40. The van der Waals surface area contributed by atoms with Crippen LogP contribution in [-0.2, 0) is 16.1 Å². The summed E-state index contributed by atoms with van der Waals surface area (Å²) < 4.78 is 7.89. The van der Waals surface area contributed by atoms with Crippen molar-refractivity contribution in [2.24, 2.45) is 0 Å². The molecule has 8 nitrogen and oxygen atoms in total. The lowest BCUT2D eigenvalue weighted by molar-refractivity contribution is -0.113.